The van der Waals surface area contributed by atoms with E-state index in [4.69, 9.17) is 9.47 Å². The molecule has 5 atom stereocenters. The van der Waals surface area contributed by atoms with Gasteiger partial charge in [-0.1, -0.05) is 39.2 Å². The number of esters is 2. The van der Waals surface area contributed by atoms with Crippen molar-refractivity contribution in [1.82, 2.24) is 0 Å². The summed E-state index contributed by atoms with van der Waals surface area (Å²) in [6.45, 7) is 4.31. The van der Waals surface area contributed by atoms with Crippen LogP contribution < -0.4 is 0 Å². The fourth-order valence-electron chi connectivity index (χ4n) is 6.73. The molecule has 0 amide bonds. The molecule has 4 aliphatic carbocycles. The predicted octanol–water partition coefficient (Wildman–Crippen LogP) is 5.00. The van der Waals surface area contributed by atoms with Gasteiger partial charge in [-0.25, -0.2) is 9.59 Å². The van der Waals surface area contributed by atoms with E-state index in [0.29, 0.717) is 11.8 Å². The van der Waals surface area contributed by atoms with Gasteiger partial charge in [0.05, 0.1) is 0 Å². The van der Waals surface area contributed by atoms with E-state index >= 15 is 0 Å². The summed E-state index contributed by atoms with van der Waals surface area (Å²) in [5.74, 6) is 1.41. The van der Waals surface area contributed by atoms with Crippen LogP contribution in [0, 0.1) is 23.2 Å². The minimum atomic E-state index is -0.314. The molecule has 5 unspecified atom stereocenters. The normalized spacial score (nSPS) is 39.5. The van der Waals surface area contributed by atoms with Gasteiger partial charge in [0.2, 0.25) is 0 Å². The number of hydrogen-bond acceptors (Lipinski definition) is 4. The second-order valence-corrected chi connectivity index (χ2v) is 9.18. The predicted molar refractivity (Wildman–Crippen MR) is 105 cm³/mol. The quantitative estimate of drug-likeness (QED) is 0.628. The molecule has 2 aliphatic heterocycles. The first kappa shape index (κ1) is 18.2. The van der Waals surface area contributed by atoms with Crippen LogP contribution in [0.5, 0.6) is 0 Å². The molecule has 2 heterocycles. The van der Waals surface area contributed by atoms with E-state index in [-0.39, 0.29) is 29.4 Å². The van der Waals surface area contributed by atoms with Crippen LogP contribution in [0.25, 0.3) is 0 Å². The lowest BCUT2D eigenvalue weighted by molar-refractivity contribution is -0.141. The Bertz CT molecular complexity index is 816. The summed E-state index contributed by atoms with van der Waals surface area (Å²) in [7, 11) is 0. The number of unbranched alkanes of at least 4 members (excludes halogenated alkanes) is 2. The lowest BCUT2D eigenvalue weighted by atomic mass is 9.45. The Morgan fingerprint density at radius 3 is 2.82 bits per heavy atom. The highest BCUT2D eigenvalue weighted by Gasteiger charge is 2.67. The molecular weight excluding hydrogens is 352 g/mol. The van der Waals surface area contributed by atoms with Crippen LogP contribution in [-0.4, -0.2) is 18.0 Å². The van der Waals surface area contributed by atoms with Gasteiger partial charge in [-0.15, -0.1) is 0 Å². The lowest BCUT2D eigenvalue weighted by Crippen LogP contribution is -2.54. The van der Waals surface area contributed by atoms with Crippen LogP contribution in [0.15, 0.2) is 34.6 Å². The van der Waals surface area contributed by atoms with E-state index in [0.717, 1.165) is 80.3 Å². The van der Waals surface area contributed by atoms with E-state index in [1.165, 1.54) is 0 Å². The third-order valence-electron chi connectivity index (χ3n) is 7.87. The van der Waals surface area contributed by atoms with Gasteiger partial charge in [0, 0.05) is 28.1 Å². The van der Waals surface area contributed by atoms with Gasteiger partial charge in [0.15, 0.2) is 0 Å². The smallest absolute Gasteiger partial charge is 0.340 e. The molecule has 0 radical (unpaired) electrons. The Morgan fingerprint density at radius 2 is 2.04 bits per heavy atom. The van der Waals surface area contributed by atoms with Crippen molar-refractivity contribution in [3.8, 4) is 0 Å². The molecule has 6 aliphatic rings. The van der Waals surface area contributed by atoms with Crippen molar-refractivity contribution in [2.45, 2.75) is 77.7 Å². The number of hydrogen-bond donors (Lipinski definition) is 0. The fourth-order valence-corrected chi connectivity index (χ4v) is 6.73. The summed E-state index contributed by atoms with van der Waals surface area (Å²) >= 11 is 0. The molecule has 28 heavy (non-hydrogen) atoms. The standard InChI is InChI=1S/C24H30O4/c1-3-5-7-18-16-10-9-15-14-11-12-24(21(15)20(16)23(26)27-18)17(13-14)22(25)28-19(24)8-6-4-2/h7,13-15,19,21H,3-6,8-12H2,1-2H3/b18-7-. The molecule has 6 rings (SSSR count). The molecule has 0 aromatic heterocycles. The molecule has 4 nitrogen and oxygen atoms in total. The number of cyclic esters (lactones) is 2. The van der Waals surface area contributed by atoms with Crippen molar-refractivity contribution in [3.05, 3.63) is 34.6 Å². The summed E-state index contributed by atoms with van der Waals surface area (Å²) in [5, 5.41) is 0. The summed E-state index contributed by atoms with van der Waals surface area (Å²) in [5.41, 5.74) is 2.56. The minimum absolute atomic E-state index is 0.0864. The average molecular weight is 383 g/mol. The SMILES string of the molecule is CCC/C=C1\OC(=O)C2=C1CCC1C3C=C4C(=O)OC(CCCC)C4(CC3)C21. The second kappa shape index (κ2) is 6.60. The van der Waals surface area contributed by atoms with Gasteiger partial charge in [0.25, 0.3) is 0 Å². The number of rotatable bonds is 5. The number of allylic oxidation sites excluding steroid dienone is 3. The summed E-state index contributed by atoms with van der Waals surface area (Å²) in [6, 6.07) is 0. The number of carbonyl (C=O) groups excluding carboxylic acids is 2. The fraction of sp³-hybridized carbons (Fsp3) is 0.667. The first-order chi connectivity index (χ1) is 13.6. The van der Waals surface area contributed by atoms with Gasteiger partial charge in [-0.2, -0.15) is 0 Å². The molecule has 0 N–H and O–H groups in total. The Balaban J connectivity index is 1.63. The molecule has 2 bridgehead atoms. The number of carbonyl (C=O) groups is 2. The minimum Gasteiger partial charge on any atom is -0.458 e. The zero-order valence-electron chi connectivity index (χ0n) is 17.0. The van der Waals surface area contributed by atoms with E-state index in [2.05, 4.69) is 26.0 Å². The van der Waals surface area contributed by atoms with E-state index in [1.807, 2.05) is 0 Å². The third kappa shape index (κ3) is 2.29. The van der Waals surface area contributed by atoms with E-state index in [9.17, 15) is 9.59 Å². The van der Waals surface area contributed by atoms with Crippen LogP contribution in [-0.2, 0) is 19.1 Å². The first-order valence-electron chi connectivity index (χ1n) is 11.2. The summed E-state index contributed by atoms with van der Waals surface area (Å²) in [4.78, 5) is 25.8. The average Bonchev–Trinajstić information content (AvgIpc) is 3.19. The van der Waals surface area contributed by atoms with Gasteiger partial charge >= 0.3 is 11.9 Å². The summed E-state index contributed by atoms with van der Waals surface area (Å²) in [6.07, 6.45) is 13.3. The maximum atomic E-state index is 13.0. The van der Waals surface area contributed by atoms with Gasteiger partial charge in [-0.05, 0) is 56.4 Å². The molecule has 1 spiro atoms. The molecule has 1 saturated heterocycles. The first-order valence-corrected chi connectivity index (χ1v) is 11.2. The van der Waals surface area contributed by atoms with Crippen molar-refractivity contribution in [3.63, 3.8) is 0 Å². The van der Waals surface area contributed by atoms with Crippen molar-refractivity contribution in [2.24, 2.45) is 23.2 Å². The third-order valence-corrected chi connectivity index (χ3v) is 7.87. The zero-order chi connectivity index (χ0) is 19.5. The molecule has 1 saturated carbocycles. The van der Waals surface area contributed by atoms with Gasteiger partial charge in [-0.3, -0.25) is 0 Å². The molecular formula is C24H30O4. The van der Waals surface area contributed by atoms with Crippen molar-refractivity contribution >= 4 is 11.9 Å². The van der Waals surface area contributed by atoms with E-state index in [1.54, 1.807) is 0 Å². The monoisotopic (exact) mass is 382 g/mol. The Labute approximate surface area is 167 Å². The molecule has 4 heteroatoms. The maximum absolute atomic E-state index is 13.0. The van der Waals surface area contributed by atoms with Crippen LogP contribution in [0.1, 0.15) is 71.6 Å². The molecule has 0 aromatic rings. The number of fused-ring (bicyclic) bond motifs is 1. The van der Waals surface area contributed by atoms with Crippen molar-refractivity contribution in [2.75, 3.05) is 0 Å². The molecule has 150 valence electrons. The van der Waals surface area contributed by atoms with Crippen LogP contribution >= 0.6 is 0 Å². The number of ether oxygens (including phenoxy) is 2. The highest BCUT2D eigenvalue weighted by molar-refractivity contribution is 5.98. The maximum Gasteiger partial charge on any atom is 0.340 e. The van der Waals surface area contributed by atoms with Crippen LogP contribution in [0.3, 0.4) is 0 Å². The van der Waals surface area contributed by atoms with Crippen molar-refractivity contribution < 1.29 is 19.1 Å². The lowest BCUT2D eigenvalue weighted by Gasteiger charge is -2.55. The summed E-state index contributed by atoms with van der Waals surface area (Å²) < 4.78 is 11.7. The molecule has 2 fully saturated rings. The Hall–Kier alpha value is -1.84. The topological polar surface area (TPSA) is 52.6 Å². The van der Waals surface area contributed by atoms with Gasteiger partial charge in [0.1, 0.15) is 11.9 Å². The largest absolute Gasteiger partial charge is 0.458 e. The van der Waals surface area contributed by atoms with E-state index < -0.39 is 0 Å². The Kier molecular flexibility index (Phi) is 4.29. The highest BCUT2D eigenvalue weighted by Crippen LogP contribution is 2.67. The van der Waals surface area contributed by atoms with Crippen LogP contribution in [0.2, 0.25) is 0 Å². The van der Waals surface area contributed by atoms with Crippen molar-refractivity contribution in [1.29, 1.82) is 0 Å². The van der Waals surface area contributed by atoms with Gasteiger partial charge < -0.3 is 9.47 Å². The molecule has 0 aromatic carbocycles. The van der Waals surface area contributed by atoms with Crippen LogP contribution in [0.4, 0.5) is 0 Å². The second-order valence-electron chi connectivity index (χ2n) is 9.18. The Morgan fingerprint density at radius 1 is 1.18 bits per heavy atom. The highest BCUT2D eigenvalue weighted by atomic mass is 16.6. The zero-order valence-corrected chi connectivity index (χ0v) is 17.0.